The highest BCUT2D eigenvalue weighted by Crippen LogP contribution is 2.28. The van der Waals surface area contributed by atoms with Gasteiger partial charge < -0.3 is 9.88 Å². The van der Waals surface area contributed by atoms with Crippen molar-refractivity contribution in [1.29, 1.82) is 0 Å². The second-order valence-corrected chi connectivity index (χ2v) is 8.81. The summed E-state index contributed by atoms with van der Waals surface area (Å²) in [5.74, 6) is -1.28. The molecular formula is C18H23ClF2N4O2S. The minimum absolute atomic E-state index is 0. The number of benzene rings is 1. The van der Waals surface area contributed by atoms with Crippen LogP contribution in [0.2, 0.25) is 0 Å². The molecule has 0 saturated carbocycles. The number of hydrogen-bond donors (Lipinski definition) is 2. The maximum Gasteiger partial charge on any atom is 0.259 e. The molecule has 10 heteroatoms. The van der Waals surface area contributed by atoms with E-state index in [0.29, 0.717) is 25.1 Å². The largest absolute Gasteiger partial charge is 0.333 e. The van der Waals surface area contributed by atoms with Crippen molar-refractivity contribution in [3.63, 3.8) is 0 Å². The van der Waals surface area contributed by atoms with Gasteiger partial charge in [0, 0.05) is 37.7 Å². The van der Waals surface area contributed by atoms with Crippen molar-refractivity contribution in [2.45, 2.75) is 49.2 Å². The van der Waals surface area contributed by atoms with Gasteiger partial charge in [-0.05, 0) is 43.5 Å². The van der Waals surface area contributed by atoms with Gasteiger partial charge in [-0.15, -0.1) is 12.4 Å². The molecule has 2 aromatic rings. The van der Waals surface area contributed by atoms with Gasteiger partial charge in [-0.1, -0.05) is 6.07 Å². The number of rotatable bonds is 4. The van der Waals surface area contributed by atoms with Gasteiger partial charge in [0.25, 0.3) is 10.0 Å². The van der Waals surface area contributed by atoms with Crippen LogP contribution in [-0.4, -0.2) is 37.1 Å². The molecule has 0 spiro atoms. The van der Waals surface area contributed by atoms with Crippen LogP contribution in [0.3, 0.4) is 0 Å². The molecule has 6 nitrogen and oxygen atoms in total. The highest BCUT2D eigenvalue weighted by Gasteiger charge is 2.32. The number of sulfonamides is 1. The lowest BCUT2D eigenvalue weighted by Crippen LogP contribution is -2.50. The van der Waals surface area contributed by atoms with E-state index in [1.54, 1.807) is 6.20 Å². The normalized spacial score (nSPS) is 22.4. The Balaban J connectivity index is 0.00000225. The van der Waals surface area contributed by atoms with Crippen LogP contribution in [-0.2, 0) is 23.0 Å². The minimum atomic E-state index is -3.80. The smallest absolute Gasteiger partial charge is 0.259 e. The summed E-state index contributed by atoms with van der Waals surface area (Å²) in [6, 6.07) is 3.29. The number of hydrogen-bond acceptors (Lipinski definition) is 4. The lowest BCUT2D eigenvalue weighted by atomic mass is 9.86. The van der Waals surface area contributed by atoms with E-state index < -0.39 is 27.7 Å². The van der Waals surface area contributed by atoms with Gasteiger partial charge >= 0.3 is 0 Å². The molecule has 154 valence electrons. The summed E-state index contributed by atoms with van der Waals surface area (Å²) >= 11 is 0. The van der Waals surface area contributed by atoms with E-state index in [4.69, 9.17) is 0 Å². The van der Waals surface area contributed by atoms with E-state index in [2.05, 4.69) is 15.0 Å². The molecule has 1 aromatic carbocycles. The Labute approximate surface area is 169 Å². The third kappa shape index (κ3) is 4.22. The van der Waals surface area contributed by atoms with Crippen LogP contribution >= 0.6 is 12.4 Å². The maximum atomic E-state index is 13.7. The molecule has 2 aliphatic rings. The first-order valence-electron chi connectivity index (χ1n) is 9.18. The summed E-state index contributed by atoms with van der Waals surface area (Å²) in [6.45, 7) is 1.87. The maximum absolute atomic E-state index is 13.7. The summed E-state index contributed by atoms with van der Waals surface area (Å²) in [6.07, 6.45) is 5.01. The highest BCUT2D eigenvalue weighted by molar-refractivity contribution is 7.89. The van der Waals surface area contributed by atoms with Crippen LogP contribution in [0.15, 0.2) is 29.4 Å². The Morgan fingerprint density at radius 1 is 1.21 bits per heavy atom. The van der Waals surface area contributed by atoms with Crippen molar-refractivity contribution in [2.24, 2.45) is 0 Å². The molecule has 1 fully saturated rings. The summed E-state index contributed by atoms with van der Waals surface area (Å²) in [5, 5.41) is 3.19. The van der Waals surface area contributed by atoms with E-state index in [0.717, 1.165) is 43.8 Å². The van der Waals surface area contributed by atoms with Crippen molar-refractivity contribution in [3.8, 4) is 0 Å². The van der Waals surface area contributed by atoms with E-state index in [1.807, 2.05) is 4.57 Å². The molecule has 2 aliphatic heterocycles. The van der Waals surface area contributed by atoms with Crippen LogP contribution in [0.5, 0.6) is 0 Å². The minimum Gasteiger partial charge on any atom is -0.333 e. The van der Waals surface area contributed by atoms with Crippen LogP contribution < -0.4 is 10.0 Å². The topological polar surface area (TPSA) is 76.0 Å². The first-order chi connectivity index (χ1) is 12.9. The third-order valence-corrected chi connectivity index (χ3v) is 6.68. The molecule has 28 heavy (non-hydrogen) atoms. The van der Waals surface area contributed by atoms with Gasteiger partial charge in [-0.3, -0.25) is 0 Å². The summed E-state index contributed by atoms with van der Waals surface area (Å²) < 4.78 is 57.3. The fourth-order valence-electron chi connectivity index (χ4n) is 3.90. The van der Waals surface area contributed by atoms with Crippen LogP contribution in [0.25, 0.3) is 0 Å². The molecule has 2 unspecified atom stereocenters. The van der Waals surface area contributed by atoms with Gasteiger partial charge in [0.05, 0.1) is 0 Å². The Morgan fingerprint density at radius 3 is 2.79 bits per heavy atom. The summed E-state index contributed by atoms with van der Waals surface area (Å²) in [4.78, 5) is 4.29. The van der Waals surface area contributed by atoms with Gasteiger partial charge in [0.2, 0.25) is 0 Å². The molecule has 4 rings (SSSR count). The lowest BCUT2D eigenvalue weighted by molar-refractivity contribution is 0.376. The van der Waals surface area contributed by atoms with Crippen molar-refractivity contribution in [3.05, 3.63) is 47.4 Å². The van der Waals surface area contributed by atoms with Crippen LogP contribution in [0, 0.1) is 11.6 Å². The van der Waals surface area contributed by atoms with E-state index >= 15 is 0 Å². The number of nitrogens with one attached hydrogen (secondary N) is 2. The molecule has 0 bridgehead atoms. The zero-order valence-corrected chi connectivity index (χ0v) is 16.8. The Hall–Kier alpha value is -1.55. The second kappa shape index (κ2) is 8.44. The average Bonchev–Trinajstić information content (AvgIpc) is 3.10. The van der Waals surface area contributed by atoms with Crippen LogP contribution in [0.1, 0.15) is 36.6 Å². The molecule has 0 radical (unpaired) electrons. The van der Waals surface area contributed by atoms with Gasteiger partial charge in [0.15, 0.2) is 16.7 Å². The SMILES string of the molecule is Cl.O=S(=O)(NC1CNCCC1c1ccc(F)c(F)c1)c1cn2c(n1)CCCC2. The summed E-state index contributed by atoms with van der Waals surface area (Å²) in [7, 11) is -3.80. The van der Waals surface area contributed by atoms with Gasteiger partial charge in [0.1, 0.15) is 5.82 Å². The predicted octanol–water partition coefficient (Wildman–Crippen LogP) is 2.34. The average molecular weight is 433 g/mol. The number of aromatic nitrogens is 2. The summed E-state index contributed by atoms with van der Waals surface area (Å²) in [5.41, 5.74) is 0.590. The molecule has 1 saturated heterocycles. The van der Waals surface area contributed by atoms with Crippen LogP contribution in [0.4, 0.5) is 8.78 Å². The number of aryl methyl sites for hydroxylation is 2. The molecular weight excluding hydrogens is 410 g/mol. The first-order valence-corrected chi connectivity index (χ1v) is 10.7. The van der Waals surface area contributed by atoms with Crippen molar-refractivity contribution in [1.82, 2.24) is 19.6 Å². The molecule has 1 aromatic heterocycles. The standard InChI is InChI=1S/C18H22F2N4O2S.ClH/c19-14-5-4-12(9-15(14)20)13-6-7-21-10-16(13)23-27(25,26)18-11-24-8-2-1-3-17(24)22-18;/h4-5,9,11,13,16,21,23H,1-3,6-8,10H2;1H. The molecule has 0 amide bonds. The number of piperidine rings is 1. The van der Waals surface area contributed by atoms with E-state index in [-0.39, 0.29) is 23.4 Å². The molecule has 2 N–H and O–H groups in total. The van der Waals surface area contributed by atoms with Gasteiger partial charge in [-0.2, -0.15) is 0 Å². The van der Waals surface area contributed by atoms with Crippen molar-refractivity contribution in [2.75, 3.05) is 13.1 Å². The number of fused-ring (bicyclic) bond motifs is 1. The number of nitrogens with zero attached hydrogens (tertiary/aromatic N) is 2. The first kappa shape index (κ1) is 21.2. The Kier molecular flexibility index (Phi) is 6.38. The zero-order chi connectivity index (χ0) is 19.0. The number of imidazole rings is 1. The molecule has 2 atom stereocenters. The Bertz CT molecular complexity index is 928. The fraction of sp³-hybridized carbons (Fsp3) is 0.500. The number of halogens is 3. The second-order valence-electron chi connectivity index (χ2n) is 7.15. The highest BCUT2D eigenvalue weighted by atomic mass is 35.5. The van der Waals surface area contributed by atoms with Gasteiger partial charge in [-0.25, -0.2) is 26.9 Å². The predicted molar refractivity (Wildman–Crippen MR) is 103 cm³/mol. The molecule has 0 aliphatic carbocycles. The Morgan fingerprint density at radius 2 is 2.04 bits per heavy atom. The zero-order valence-electron chi connectivity index (χ0n) is 15.2. The van der Waals surface area contributed by atoms with E-state index in [9.17, 15) is 17.2 Å². The van der Waals surface area contributed by atoms with E-state index in [1.165, 1.54) is 6.07 Å². The fourth-order valence-corrected chi connectivity index (χ4v) is 5.16. The third-order valence-electron chi connectivity index (χ3n) is 5.32. The lowest BCUT2D eigenvalue weighted by Gasteiger charge is -2.32. The molecule has 3 heterocycles. The van der Waals surface area contributed by atoms with Crippen molar-refractivity contribution >= 4 is 22.4 Å². The van der Waals surface area contributed by atoms with Crippen molar-refractivity contribution < 1.29 is 17.2 Å². The monoisotopic (exact) mass is 432 g/mol. The quantitative estimate of drug-likeness (QED) is 0.777.